The van der Waals surface area contributed by atoms with Gasteiger partial charge in [0.15, 0.2) is 6.10 Å². The number of hydrogen-bond donors (Lipinski definition) is 0. The third-order valence-corrected chi connectivity index (χ3v) is 9.21. The van der Waals surface area contributed by atoms with Crippen LogP contribution in [0.15, 0.2) is 72.9 Å². The fraction of sp³-hybridized carbons (Fsp3) is 0.694. The number of hydrogen-bond acceptors (Lipinski definition) is 6. The summed E-state index contributed by atoms with van der Waals surface area (Å²) in [5.74, 6) is -1.04. The molecule has 0 fully saturated rings. The summed E-state index contributed by atoms with van der Waals surface area (Å²) in [7, 11) is 0. The number of esters is 3. The Morgan fingerprint density at radius 1 is 0.382 bits per heavy atom. The summed E-state index contributed by atoms with van der Waals surface area (Å²) < 4.78 is 16.6. The Morgan fingerprint density at radius 2 is 0.764 bits per heavy atom. The van der Waals surface area contributed by atoms with Gasteiger partial charge in [0.2, 0.25) is 0 Å². The third-order valence-electron chi connectivity index (χ3n) is 9.21. The maximum absolute atomic E-state index is 12.7. The molecule has 0 aromatic rings. The maximum atomic E-state index is 12.7. The van der Waals surface area contributed by atoms with Crippen molar-refractivity contribution >= 4 is 17.9 Å². The van der Waals surface area contributed by atoms with Crippen LogP contribution in [0.3, 0.4) is 0 Å². The number of ether oxygens (including phenoxy) is 3. The Balaban J connectivity index is 4.50. The fourth-order valence-corrected chi connectivity index (χ4v) is 5.85. The first-order chi connectivity index (χ1) is 27.0. The highest BCUT2D eigenvalue weighted by Gasteiger charge is 2.19. The lowest BCUT2D eigenvalue weighted by atomic mass is 10.0. The van der Waals surface area contributed by atoms with Crippen molar-refractivity contribution in [3.63, 3.8) is 0 Å². The smallest absolute Gasteiger partial charge is 0.306 e. The van der Waals surface area contributed by atoms with Crippen molar-refractivity contribution in [3.8, 4) is 0 Å². The van der Waals surface area contributed by atoms with Crippen LogP contribution in [0.2, 0.25) is 0 Å². The first-order valence-corrected chi connectivity index (χ1v) is 22.4. The van der Waals surface area contributed by atoms with Crippen LogP contribution in [0, 0.1) is 0 Å². The van der Waals surface area contributed by atoms with Crippen molar-refractivity contribution in [2.45, 2.75) is 207 Å². The van der Waals surface area contributed by atoms with Gasteiger partial charge in [-0.1, -0.05) is 184 Å². The van der Waals surface area contributed by atoms with E-state index >= 15 is 0 Å². The lowest BCUT2D eigenvalue weighted by molar-refractivity contribution is -0.166. The minimum atomic E-state index is -0.811. The summed E-state index contributed by atoms with van der Waals surface area (Å²) in [4.78, 5) is 37.6. The van der Waals surface area contributed by atoms with E-state index in [2.05, 4.69) is 81.5 Å². The number of carbonyl (C=O) groups is 3. The molecule has 0 radical (unpaired) electrons. The summed E-state index contributed by atoms with van der Waals surface area (Å²) >= 11 is 0. The van der Waals surface area contributed by atoms with E-state index in [0.29, 0.717) is 25.7 Å². The highest BCUT2D eigenvalue weighted by Crippen LogP contribution is 2.13. The van der Waals surface area contributed by atoms with E-state index in [1.54, 1.807) is 0 Å². The lowest BCUT2D eigenvalue weighted by Gasteiger charge is -2.18. The van der Waals surface area contributed by atoms with Gasteiger partial charge in [0.05, 0.1) is 0 Å². The first kappa shape index (κ1) is 51.9. The summed E-state index contributed by atoms with van der Waals surface area (Å²) in [5.41, 5.74) is 0. The Morgan fingerprint density at radius 3 is 1.27 bits per heavy atom. The van der Waals surface area contributed by atoms with Gasteiger partial charge in [0.1, 0.15) is 13.2 Å². The van der Waals surface area contributed by atoms with Gasteiger partial charge in [-0.3, -0.25) is 14.4 Å². The molecule has 314 valence electrons. The normalized spacial score (nSPS) is 12.7. The molecule has 55 heavy (non-hydrogen) atoms. The molecule has 0 bridgehead atoms. The monoisotopic (exact) mass is 767 g/mol. The molecule has 0 aliphatic rings. The van der Waals surface area contributed by atoms with Gasteiger partial charge >= 0.3 is 17.9 Å². The minimum absolute atomic E-state index is 0.113. The maximum Gasteiger partial charge on any atom is 0.306 e. The molecule has 0 aromatic carbocycles. The lowest BCUT2D eigenvalue weighted by Crippen LogP contribution is -2.30. The van der Waals surface area contributed by atoms with Crippen LogP contribution in [0.5, 0.6) is 0 Å². The second kappa shape index (κ2) is 43.6. The summed E-state index contributed by atoms with van der Waals surface area (Å²) in [6, 6.07) is 0. The van der Waals surface area contributed by atoms with Gasteiger partial charge in [0.25, 0.3) is 0 Å². The Labute approximate surface area is 338 Å². The molecular formula is C49H82O6. The van der Waals surface area contributed by atoms with Gasteiger partial charge in [-0.25, -0.2) is 0 Å². The van der Waals surface area contributed by atoms with Gasteiger partial charge in [0, 0.05) is 19.3 Å². The number of rotatable bonds is 39. The summed E-state index contributed by atoms with van der Waals surface area (Å²) in [6.45, 7) is 6.37. The molecule has 0 spiro atoms. The molecule has 0 saturated carbocycles. The molecule has 0 heterocycles. The number of carbonyl (C=O) groups excluding carboxylic acids is 3. The van der Waals surface area contributed by atoms with Crippen molar-refractivity contribution < 1.29 is 28.6 Å². The van der Waals surface area contributed by atoms with Crippen LogP contribution >= 0.6 is 0 Å². The molecule has 6 nitrogen and oxygen atoms in total. The average molecular weight is 767 g/mol. The van der Waals surface area contributed by atoms with Crippen molar-refractivity contribution in [2.24, 2.45) is 0 Å². The molecule has 6 heteroatoms. The van der Waals surface area contributed by atoms with Crippen LogP contribution in [0.4, 0.5) is 0 Å². The zero-order valence-corrected chi connectivity index (χ0v) is 35.7. The number of allylic oxidation sites excluding steroid dienone is 12. The van der Waals surface area contributed by atoms with Crippen LogP contribution < -0.4 is 0 Å². The van der Waals surface area contributed by atoms with Crippen LogP contribution in [-0.2, 0) is 28.6 Å². The topological polar surface area (TPSA) is 78.9 Å². The van der Waals surface area contributed by atoms with Gasteiger partial charge in [-0.05, 0) is 70.6 Å². The zero-order valence-electron chi connectivity index (χ0n) is 35.7. The molecule has 0 saturated heterocycles. The van der Waals surface area contributed by atoms with Crippen LogP contribution in [0.1, 0.15) is 201 Å². The first-order valence-electron chi connectivity index (χ1n) is 22.4. The van der Waals surface area contributed by atoms with Crippen LogP contribution in [-0.4, -0.2) is 37.2 Å². The Hall–Kier alpha value is -3.15. The SMILES string of the molecule is CC/C=C\C/C=C\C/C=C\C/C=C\C/C=C\CCC(=O)OCC(COC(=O)CCC/C=C\CCCCCC)OC(=O)CCCCCCCCCCCCCC. The molecule has 1 unspecified atom stereocenters. The van der Waals surface area contributed by atoms with Crippen LogP contribution in [0.25, 0.3) is 0 Å². The highest BCUT2D eigenvalue weighted by molar-refractivity contribution is 5.71. The van der Waals surface area contributed by atoms with E-state index in [1.807, 2.05) is 12.2 Å². The molecule has 0 N–H and O–H groups in total. The Kier molecular flexibility index (Phi) is 41.1. The molecule has 1 atom stereocenters. The van der Waals surface area contributed by atoms with Crippen molar-refractivity contribution in [2.75, 3.05) is 13.2 Å². The molecular weight excluding hydrogens is 685 g/mol. The molecule has 0 aliphatic heterocycles. The molecule has 0 aromatic heterocycles. The van der Waals surface area contributed by atoms with E-state index in [1.165, 1.54) is 83.5 Å². The van der Waals surface area contributed by atoms with E-state index in [4.69, 9.17) is 14.2 Å². The average Bonchev–Trinajstić information content (AvgIpc) is 3.18. The third kappa shape index (κ3) is 41.8. The van der Waals surface area contributed by atoms with E-state index in [-0.39, 0.29) is 37.5 Å². The number of unbranched alkanes of at least 4 members (excludes halogenated alkanes) is 16. The standard InChI is InChI=1S/C49H82O6/c1-4-7-10-13-16-19-21-23-24-25-26-28-30-33-36-39-42-48(51)54-45-46(44-53-47(50)41-38-35-32-29-18-15-12-9-6-3)55-49(52)43-40-37-34-31-27-22-20-17-14-11-8-5-2/h7,10,16,19,23-24,26,28-29,32-33,36,46H,4-6,8-9,11-15,17-18,20-22,25,27,30-31,34-35,37-45H2,1-3H3/b10-7-,19-16-,24-23-,28-26-,32-29-,36-33-. The minimum Gasteiger partial charge on any atom is -0.462 e. The highest BCUT2D eigenvalue weighted by atomic mass is 16.6. The summed E-state index contributed by atoms with van der Waals surface area (Å²) in [6.07, 6.45) is 53.3. The predicted octanol–water partition coefficient (Wildman–Crippen LogP) is 14.3. The zero-order chi connectivity index (χ0) is 40.1. The van der Waals surface area contributed by atoms with Gasteiger partial charge in [-0.2, -0.15) is 0 Å². The second-order valence-electron chi connectivity index (χ2n) is 14.6. The van der Waals surface area contributed by atoms with Gasteiger partial charge < -0.3 is 14.2 Å². The molecule has 0 amide bonds. The largest absolute Gasteiger partial charge is 0.462 e. The van der Waals surface area contributed by atoms with Crippen molar-refractivity contribution in [3.05, 3.63) is 72.9 Å². The van der Waals surface area contributed by atoms with Gasteiger partial charge in [-0.15, -0.1) is 0 Å². The molecule has 0 rings (SSSR count). The second-order valence-corrected chi connectivity index (χ2v) is 14.6. The quantitative estimate of drug-likeness (QED) is 0.0268. The van der Waals surface area contributed by atoms with E-state index in [9.17, 15) is 14.4 Å². The predicted molar refractivity (Wildman–Crippen MR) is 233 cm³/mol. The van der Waals surface area contributed by atoms with Crippen molar-refractivity contribution in [1.29, 1.82) is 0 Å². The fourth-order valence-electron chi connectivity index (χ4n) is 5.85. The van der Waals surface area contributed by atoms with E-state index < -0.39 is 6.10 Å². The van der Waals surface area contributed by atoms with Crippen molar-refractivity contribution in [1.82, 2.24) is 0 Å². The molecule has 0 aliphatic carbocycles. The Bertz CT molecular complexity index is 1070. The summed E-state index contributed by atoms with van der Waals surface area (Å²) in [5, 5.41) is 0. The van der Waals surface area contributed by atoms with E-state index in [0.717, 1.165) is 64.2 Å².